The summed E-state index contributed by atoms with van der Waals surface area (Å²) in [5, 5.41) is 0.123. The minimum Gasteiger partial charge on any atom is -0.399 e. The van der Waals surface area contributed by atoms with E-state index in [1.165, 1.54) is 42.5 Å². The van der Waals surface area contributed by atoms with Gasteiger partial charge in [0.1, 0.15) is 0 Å². The van der Waals surface area contributed by atoms with Gasteiger partial charge in [0.2, 0.25) is 5.91 Å². The van der Waals surface area contributed by atoms with E-state index in [0.717, 1.165) is 0 Å². The Morgan fingerprint density at radius 2 is 1.71 bits per heavy atom. The predicted molar refractivity (Wildman–Crippen MR) is 81.7 cm³/mol. The molecule has 7 heteroatoms. The molecule has 0 atom stereocenters. The topological polar surface area (TPSA) is 103 Å². The fourth-order valence-electron chi connectivity index (χ4n) is 1.82. The normalized spacial score (nSPS) is 11.3. The molecule has 0 aliphatic heterocycles. The van der Waals surface area contributed by atoms with Gasteiger partial charge in [0.05, 0.1) is 15.7 Å². The molecule has 2 aromatic rings. The average molecular weight is 325 g/mol. The second kappa shape index (κ2) is 5.75. The van der Waals surface area contributed by atoms with Gasteiger partial charge in [-0.3, -0.25) is 4.79 Å². The highest BCUT2D eigenvalue weighted by molar-refractivity contribution is 7.90. The summed E-state index contributed by atoms with van der Waals surface area (Å²) in [4.78, 5) is 11.0. The van der Waals surface area contributed by atoms with Crippen molar-refractivity contribution in [1.82, 2.24) is 0 Å². The lowest BCUT2D eigenvalue weighted by molar-refractivity contribution is 0.100. The molecular weight excluding hydrogens is 312 g/mol. The first-order valence-electron chi connectivity index (χ1n) is 5.96. The molecule has 5 nitrogen and oxygen atoms in total. The van der Waals surface area contributed by atoms with Crippen LogP contribution in [-0.4, -0.2) is 14.3 Å². The van der Waals surface area contributed by atoms with E-state index in [0.29, 0.717) is 16.8 Å². The van der Waals surface area contributed by atoms with Crippen molar-refractivity contribution in [3.8, 4) is 0 Å². The van der Waals surface area contributed by atoms with Crippen molar-refractivity contribution in [1.29, 1.82) is 0 Å². The van der Waals surface area contributed by atoms with E-state index in [1.807, 2.05) is 0 Å². The summed E-state index contributed by atoms with van der Waals surface area (Å²) in [5.74, 6) is -0.807. The predicted octanol–water partition coefficient (Wildman–Crippen LogP) is 1.99. The van der Waals surface area contributed by atoms with E-state index in [4.69, 9.17) is 23.1 Å². The molecular formula is C14H13ClN2O3S. The third-order valence-corrected chi connectivity index (χ3v) is 5.05. The number of carbonyl (C=O) groups excluding carboxylic acids is 1. The van der Waals surface area contributed by atoms with Gasteiger partial charge in [-0.1, -0.05) is 23.7 Å². The zero-order chi connectivity index (χ0) is 15.6. The monoisotopic (exact) mass is 324 g/mol. The molecule has 0 heterocycles. The van der Waals surface area contributed by atoms with Crippen molar-refractivity contribution in [2.45, 2.75) is 10.6 Å². The van der Waals surface area contributed by atoms with Crippen molar-refractivity contribution in [3.63, 3.8) is 0 Å². The molecule has 0 spiro atoms. The summed E-state index contributed by atoms with van der Waals surface area (Å²) >= 11 is 5.92. The fraction of sp³-hybridized carbons (Fsp3) is 0.0714. The summed E-state index contributed by atoms with van der Waals surface area (Å²) < 4.78 is 24.7. The number of anilines is 1. The maximum Gasteiger partial charge on any atom is 0.248 e. The van der Waals surface area contributed by atoms with E-state index in [-0.39, 0.29) is 15.7 Å². The first-order chi connectivity index (χ1) is 9.79. The van der Waals surface area contributed by atoms with Gasteiger partial charge >= 0.3 is 0 Å². The summed E-state index contributed by atoms with van der Waals surface area (Å²) in [7, 11) is -3.63. The fourth-order valence-corrected chi connectivity index (χ4v) is 3.76. The Balaban J connectivity index is 2.33. The van der Waals surface area contributed by atoms with E-state index < -0.39 is 15.7 Å². The highest BCUT2D eigenvalue weighted by Gasteiger charge is 2.19. The van der Waals surface area contributed by atoms with Crippen LogP contribution in [-0.2, 0) is 15.6 Å². The van der Waals surface area contributed by atoms with Crippen molar-refractivity contribution < 1.29 is 13.2 Å². The maximum absolute atomic E-state index is 12.4. The Bertz CT molecular complexity index is 786. The van der Waals surface area contributed by atoms with Crippen molar-refractivity contribution in [2.24, 2.45) is 5.73 Å². The van der Waals surface area contributed by atoms with E-state index in [2.05, 4.69) is 0 Å². The van der Waals surface area contributed by atoms with Crippen LogP contribution in [0.5, 0.6) is 0 Å². The van der Waals surface area contributed by atoms with Crippen LogP contribution >= 0.6 is 11.6 Å². The minimum atomic E-state index is -3.63. The number of carbonyl (C=O) groups is 1. The molecule has 0 radical (unpaired) electrons. The molecule has 1 amide bonds. The standard InChI is InChI=1S/C14H13ClN2O3S/c15-12-6-5-11(16)7-13(12)21(19,20)8-9-1-3-10(4-2-9)14(17)18/h1-7H,8,16H2,(H2,17,18). The minimum absolute atomic E-state index is 0.0110. The van der Waals surface area contributed by atoms with Gasteiger partial charge in [-0.2, -0.15) is 0 Å². The third-order valence-electron chi connectivity index (χ3n) is 2.89. The van der Waals surface area contributed by atoms with Gasteiger partial charge in [-0.25, -0.2) is 8.42 Å². The number of halogens is 1. The molecule has 0 bridgehead atoms. The van der Waals surface area contributed by atoms with Gasteiger partial charge in [0.15, 0.2) is 9.84 Å². The van der Waals surface area contributed by atoms with E-state index >= 15 is 0 Å². The van der Waals surface area contributed by atoms with Crippen molar-refractivity contribution in [3.05, 3.63) is 58.6 Å². The van der Waals surface area contributed by atoms with Gasteiger partial charge in [0, 0.05) is 11.3 Å². The number of amides is 1. The lowest BCUT2D eigenvalue weighted by atomic mass is 10.1. The molecule has 2 aromatic carbocycles. The highest BCUT2D eigenvalue weighted by atomic mass is 35.5. The Morgan fingerprint density at radius 3 is 2.29 bits per heavy atom. The molecule has 0 saturated carbocycles. The number of rotatable bonds is 4. The Kier molecular flexibility index (Phi) is 4.20. The average Bonchev–Trinajstić information content (AvgIpc) is 2.41. The summed E-state index contributed by atoms with van der Waals surface area (Å²) in [6.07, 6.45) is 0. The first kappa shape index (κ1) is 15.3. The number of benzene rings is 2. The highest BCUT2D eigenvalue weighted by Crippen LogP contribution is 2.26. The van der Waals surface area contributed by atoms with E-state index in [9.17, 15) is 13.2 Å². The molecule has 0 aliphatic rings. The smallest absolute Gasteiger partial charge is 0.248 e. The number of nitrogens with two attached hydrogens (primary N) is 2. The summed E-state index contributed by atoms with van der Waals surface area (Å²) in [6, 6.07) is 10.3. The number of sulfone groups is 1. The van der Waals surface area contributed by atoms with Crippen molar-refractivity contribution in [2.75, 3.05) is 5.73 Å². The van der Waals surface area contributed by atoms with Crippen LogP contribution in [0.2, 0.25) is 5.02 Å². The quantitative estimate of drug-likeness (QED) is 0.839. The van der Waals surface area contributed by atoms with Crippen LogP contribution in [0.15, 0.2) is 47.4 Å². The first-order valence-corrected chi connectivity index (χ1v) is 7.99. The molecule has 0 fully saturated rings. The van der Waals surface area contributed by atoms with E-state index in [1.54, 1.807) is 0 Å². The SMILES string of the molecule is NC(=O)c1ccc(CS(=O)(=O)c2cc(N)ccc2Cl)cc1. The zero-order valence-corrected chi connectivity index (χ0v) is 12.5. The van der Waals surface area contributed by atoms with Gasteiger partial charge in [0.25, 0.3) is 0 Å². The van der Waals surface area contributed by atoms with Crippen LogP contribution in [0.4, 0.5) is 5.69 Å². The number of hydrogen-bond donors (Lipinski definition) is 2. The molecule has 0 aromatic heterocycles. The van der Waals surface area contributed by atoms with Gasteiger partial charge in [-0.15, -0.1) is 0 Å². The third kappa shape index (κ3) is 3.53. The Hall–Kier alpha value is -2.05. The van der Waals surface area contributed by atoms with Gasteiger partial charge < -0.3 is 11.5 Å². The second-order valence-electron chi connectivity index (χ2n) is 4.51. The van der Waals surface area contributed by atoms with Gasteiger partial charge in [-0.05, 0) is 35.9 Å². The second-order valence-corrected chi connectivity index (χ2v) is 6.88. The van der Waals surface area contributed by atoms with Crippen LogP contribution in [0.1, 0.15) is 15.9 Å². The lowest BCUT2D eigenvalue weighted by Crippen LogP contribution is -2.11. The van der Waals surface area contributed by atoms with Crippen LogP contribution in [0, 0.1) is 0 Å². The molecule has 0 unspecified atom stereocenters. The van der Waals surface area contributed by atoms with Crippen LogP contribution in [0.25, 0.3) is 0 Å². The largest absolute Gasteiger partial charge is 0.399 e. The Labute approximate surface area is 127 Å². The molecule has 0 aliphatic carbocycles. The summed E-state index contributed by atoms with van der Waals surface area (Å²) in [6.45, 7) is 0. The lowest BCUT2D eigenvalue weighted by Gasteiger charge is -2.08. The number of primary amides is 1. The number of hydrogen-bond acceptors (Lipinski definition) is 4. The zero-order valence-electron chi connectivity index (χ0n) is 10.9. The number of nitrogen functional groups attached to an aromatic ring is 1. The van der Waals surface area contributed by atoms with Crippen LogP contribution < -0.4 is 11.5 Å². The molecule has 21 heavy (non-hydrogen) atoms. The van der Waals surface area contributed by atoms with Crippen molar-refractivity contribution >= 4 is 33.0 Å². The Morgan fingerprint density at radius 1 is 1.10 bits per heavy atom. The maximum atomic E-state index is 12.4. The summed E-state index contributed by atoms with van der Waals surface area (Å²) in [5.41, 5.74) is 11.9. The molecule has 4 N–H and O–H groups in total. The molecule has 2 rings (SSSR count). The molecule has 0 saturated heterocycles. The molecule has 110 valence electrons. The van der Waals surface area contributed by atoms with Crippen LogP contribution in [0.3, 0.4) is 0 Å².